The molecule has 0 radical (unpaired) electrons. The number of alkyl halides is 1. The molecule has 1 fully saturated rings. The van der Waals surface area contributed by atoms with Gasteiger partial charge in [-0.2, -0.15) is 0 Å². The molecule has 0 aromatic carbocycles. The van der Waals surface area contributed by atoms with Crippen molar-refractivity contribution in [1.29, 1.82) is 0 Å². The van der Waals surface area contributed by atoms with E-state index in [1.165, 1.54) is 7.11 Å². The monoisotopic (exact) mass is 190 g/mol. The van der Waals surface area contributed by atoms with Crippen LogP contribution in [0.4, 0.5) is 4.39 Å². The molecule has 1 amide bonds. The maximum absolute atomic E-state index is 13.3. The molecule has 1 rings (SSSR count). The number of nitrogens with zero attached hydrogens (tertiary/aromatic N) is 1. The summed E-state index contributed by atoms with van der Waals surface area (Å²) in [6.07, 6.45) is 0.493. The summed E-state index contributed by atoms with van der Waals surface area (Å²) >= 11 is 0. The minimum Gasteiger partial charge on any atom is -0.291 e. The van der Waals surface area contributed by atoms with Crippen LogP contribution in [0.1, 0.15) is 13.3 Å². The molecule has 1 aliphatic heterocycles. The molecular formula is C8H15FN2O2. The van der Waals surface area contributed by atoms with Crippen molar-refractivity contribution >= 4 is 5.91 Å². The van der Waals surface area contributed by atoms with Crippen LogP contribution in [0.5, 0.6) is 0 Å². The standard InChI is InChI=1S/C8H15FN2O2/c1-8(9)3-4-11(6-8)5-7(12)10-13-2/h3-6H2,1-2H3,(H,10,12). The summed E-state index contributed by atoms with van der Waals surface area (Å²) in [4.78, 5) is 17.2. The molecule has 0 spiro atoms. The number of rotatable bonds is 3. The van der Waals surface area contributed by atoms with Crippen molar-refractivity contribution in [1.82, 2.24) is 10.4 Å². The van der Waals surface area contributed by atoms with Crippen LogP contribution in [-0.4, -0.2) is 43.2 Å². The van der Waals surface area contributed by atoms with E-state index < -0.39 is 5.67 Å². The van der Waals surface area contributed by atoms with Crippen LogP contribution in [-0.2, 0) is 9.63 Å². The van der Waals surface area contributed by atoms with E-state index in [4.69, 9.17) is 0 Å². The second-order valence-corrected chi connectivity index (χ2v) is 3.60. The number of halogens is 1. The van der Waals surface area contributed by atoms with Crippen molar-refractivity contribution in [2.75, 3.05) is 26.7 Å². The molecule has 0 aromatic heterocycles. The third-order valence-electron chi connectivity index (χ3n) is 2.09. The molecule has 1 aliphatic rings. The number of carbonyl (C=O) groups is 1. The van der Waals surface area contributed by atoms with Gasteiger partial charge < -0.3 is 0 Å². The van der Waals surface area contributed by atoms with E-state index in [9.17, 15) is 9.18 Å². The van der Waals surface area contributed by atoms with Crippen molar-refractivity contribution in [2.45, 2.75) is 19.0 Å². The third-order valence-corrected chi connectivity index (χ3v) is 2.09. The Kier molecular flexibility index (Phi) is 3.22. The van der Waals surface area contributed by atoms with Crippen molar-refractivity contribution in [3.63, 3.8) is 0 Å². The maximum Gasteiger partial charge on any atom is 0.257 e. The lowest BCUT2D eigenvalue weighted by molar-refractivity contribution is -0.132. The fraction of sp³-hybridized carbons (Fsp3) is 0.875. The fourth-order valence-electron chi connectivity index (χ4n) is 1.50. The molecule has 0 aromatic rings. The van der Waals surface area contributed by atoms with Gasteiger partial charge in [-0.1, -0.05) is 0 Å². The topological polar surface area (TPSA) is 41.6 Å². The quantitative estimate of drug-likeness (QED) is 0.642. The average Bonchev–Trinajstić information content (AvgIpc) is 2.30. The van der Waals surface area contributed by atoms with Gasteiger partial charge in [0.15, 0.2) is 0 Å². The first-order chi connectivity index (χ1) is 6.03. The summed E-state index contributed by atoms with van der Waals surface area (Å²) in [5.74, 6) is -0.236. The number of likely N-dealkylation sites (tertiary alicyclic amines) is 1. The summed E-state index contributed by atoms with van der Waals surface area (Å²) in [6.45, 7) is 2.71. The number of hydrogen-bond donors (Lipinski definition) is 1. The summed E-state index contributed by atoms with van der Waals surface area (Å²) in [5, 5.41) is 0. The predicted molar refractivity (Wildman–Crippen MR) is 45.7 cm³/mol. The minimum atomic E-state index is -1.15. The molecule has 1 unspecified atom stereocenters. The van der Waals surface area contributed by atoms with Gasteiger partial charge in [-0.15, -0.1) is 0 Å². The highest BCUT2D eigenvalue weighted by atomic mass is 19.1. The first kappa shape index (κ1) is 10.4. The number of nitrogens with one attached hydrogen (secondary N) is 1. The Hall–Kier alpha value is -0.680. The predicted octanol–water partition coefficient (Wildman–Crippen LogP) is 0.0979. The molecule has 13 heavy (non-hydrogen) atoms. The Bertz CT molecular complexity index is 197. The van der Waals surface area contributed by atoms with Crippen molar-refractivity contribution in [3.8, 4) is 0 Å². The number of carbonyl (C=O) groups excluding carboxylic acids is 1. The second-order valence-electron chi connectivity index (χ2n) is 3.60. The lowest BCUT2D eigenvalue weighted by atomic mass is 10.1. The van der Waals surface area contributed by atoms with Gasteiger partial charge in [-0.3, -0.25) is 14.5 Å². The minimum absolute atomic E-state index is 0.202. The summed E-state index contributed by atoms with van der Waals surface area (Å²) in [6, 6.07) is 0. The summed E-state index contributed by atoms with van der Waals surface area (Å²) in [7, 11) is 1.38. The molecule has 1 N–H and O–H groups in total. The van der Waals surface area contributed by atoms with E-state index >= 15 is 0 Å². The van der Waals surface area contributed by atoms with Crippen molar-refractivity contribution < 1.29 is 14.0 Å². The largest absolute Gasteiger partial charge is 0.291 e. The molecule has 5 heteroatoms. The van der Waals surface area contributed by atoms with E-state index in [0.717, 1.165) is 0 Å². The van der Waals surface area contributed by atoms with Crippen LogP contribution in [0.3, 0.4) is 0 Å². The Balaban J connectivity index is 2.28. The SMILES string of the molecule is CONC(=O)CN1CCC(C)(F)C1. The van der Waals surface area contributed by atoms with Crippen LogP contribution in [0, 0.1) is 0 Å². The second kappa shape index (κ2) is 4.02. The van der Waals surface area contributed by atoms with Crippen LogP contribution >= 0.6 is 0 Å². The Morgan fingerprint density at radius 3 is 2.92 bits per heavy atom. The van der Waals surface area contributed by atoms with Gasteiger partial charge in [0.25, 0.3) is 5.91 Å². The third kappa shape index (κ3) is 3.28. The highest BCUT2D eigenvalue weighted by Gasteiger charge is 2.33. The number of hydrogen-bond acceptors (Lipinski definition) is 3. The average molecular weight is 190 g/mol. The zero-order valence-electron chi connectivity index (χ0n) is 7.97. The molecule has 4 nitrogen and oxygen atoms in total. The molecular weight excluding hydrogens is 175 g/mol. The van der Waals surface area contributed by atoms with Crippen LogP contribution in [0.15, 0.2) is 0 Å². The fourth-order valence-corrected chi connectivity index (χ4v) is 1.50. The zero-order valence-corrected chi connectivity index (χ0v) is 7.97. The van der Waals surface area contributed by atoms with Crippen molar-refractivity contribution in [2.24, 2.45) is 0 Å². The smallest absolute Gasteiger partial charge is 0.257 e. The molecule has 0 saturated carbocycles. The van der Waals surface area contributed by atoms with Gasteiger partial charge in [0, 0.05) is 13.1 Å². The molecule has 0 aliphatic carbocycles. The molecule has 1 atom stereocenters. The number of hydroxylamine groups is 1. The zero-order chi connectivity index (χ0) is 9.90. The van der Waals surface area contributed by atoms with E-state index in [1.807, 2.05) is 0 Å². The van der Waals surface area contributed by atoms with Gasteiger partial charge in [0.2, 0.25) is 0 Å². The summed E-state index contributed by atoms with van der Waals surface area (Å²) in [5.41, 5.74) is 1.05. The molecule has 0 bridgehead atoms. The van der Waals surface area contributed by atoms with Crippen LogP contribution in [0.2, 0.25) is 0 Å². The van der Waals surface area contributed by atoms with E-state index in [2.05, 4.69) is 10.3 Å². The Morgan fingerprint density at radius 2 is 2.46 bits per heavy atom. The normalized spacial score (nSPS) is 29.2. The van der Waals surface area contributed by atoms with Crippen molar-refractivity contribution in [3.05, 3.63) is 0 Å². The highest BCUT2D eigenvalue weighted by Crippen LogP contribution is 2.23. The van der Waals surface area contributed by atoms with Gasteiger partial charge in [-0.05, 0) is 13.3 Å². The highest BCUT2D eigenvalue weighted by molar-refractivity contribution is 5.76. The lowest BCUT2D eigenvalue weighted by Crippen LogP contribution is -2.36. The molecule has 76 valence electrons. The Labute approximate surface area is 77.0 Å². The van der Waals surface area contributed by atoms with Gasteiger partial charge in [0.1, 0.15) is 5.67 Å². The lowest BCUT2D eigenvalue weighted by Gasteiger charge is -2.15. The van der Waals surface area contributed by atoms with E-state index in [-0.39, 0.29) is 12.5 Å². The Morgan fingerprint density at radius 1 is 1.77 bits per heavy atom. The number of amides is 1. The van der Waals surface area contributed by atoms with E-state index in [1.54, 1.807) is 11.8 Å². The molecule has 1 heterocycles. The van der Waals surface area contributed by atoms with Gasteiger partial charge >= 0.3 is 0 Å². The summed E-state index contributed by atoms with van der Waals surface area (Å²) < 4.78 is 13.3. The van der Waals surface area contributed by atoms with Crippen LogP contribution in [0.25, 0.3) is 0 Å². The van der Waals surface area contributed by atoms with Gasteiger partial charge in [-0.25, -0.2) is 9.87 Å². The first-order valence-electron chi connectivity index (χ1n) is 4.26. The van der Waals surface area contributed by atoms with Crippen LogP contribution < -0.4 is 5.48 Å². The van der Waals surface area contributed by atoms with E-state index in [0.29, 0.717) is 19.5 Å². The molecule has 1 saturated heterocycles. The maximum atomic E-state index is 13.3. The first-order valence-corrected chi connectivity index (χ1v) is 4.26. The van der Waals surface area contributed by atoms with Gasteiger partial charge in [0.05, 0.1) is 13.7 Å².